The normalized spacial score (nSPS) is 10.5. The lowest BCUT2D eigenvalue weighted by Crippen LogP contribution is -2.16. The predicted molar refractivity (Wildman–Crippen MR) is 121 cm³/mol. The molecule has 0 aliphatic rings. The van der Waals surface area contributed by atoms with Gasteiger partial charge in [-0.2, -0.15) is 5.10 Å². The molecule has 9 nitrogen and oxygen atoms in total. The van der Waals surface area contributed by atoms with Gasteiger partial charge >= 0.3 is 0 Å². The van der Waals surface area contributed by atoms with Crippen molar-refractivity contribution in [2.45, 2.75) is 6.54 Å². The maximum atomic E-state index is 12.7. The van der Waals surface area contributed by atoms with Crippen LogP contribution in [0.5, 0.6) is 0 Å². The molecule has 1 amide bonds. The predicted octanol–water partition coefficient (Wildman–Crippen LogP) is 4.06. The van der Waals surface area contributed by atoms with Crippen LogP contribution in [0.3, 0.4) is 0 Å². The van der Waals surface area contributed by atoms with Crippen molar-refractivity contribution in [2.75, 3.05) is 17.3 Å². The number of carbonyl (C=O) groups excluding carboxylic acids is 1. The van der Waals surface area contributed by atoms with Crippen molar-refractivity contribution in [3.63, 3.8) is 0 Å². The minimum absolute atomic E-state index is 0.172. The average molecular weight is 428 g/mol. The lowest BCUT2D eigenvalue weighted by Gasteiger charge is -2.20. The number of nitrogens with one attached hydrogen (secondary N) is 1. The van der Waals surface area contributed by atoms with Crippen LogP contribution in [0, 0.1) is 10.1 Å². The van der Waals surface area contributed by atoms with Crippen LogP contribution >= 0.6 is 0 Å². The molecular weight excluding hydrogens is 408 g/mol. The van der Waals surface area contributed by atoms with Crippen molar-refractivity contribution in [3.8, 4) is 5.69 Å². The SMILES string of the molecule is CN(Cc1ccccc1)c1ccc(NC(=O)c2ccc(-n3cncn3)c([N+](=O)[O-])c2)cc1. The van der Waals surface area contributed by atoms with Gasteiger partial charge in [-0.15, -0.1) is 0 Å². The summed E-state index contributed by atoms with van der Waals surface area (Å²) in [6.45, 7) is 0.758. The van der Waals surface area contributed by atoms with E-state index in [-0.39, 0.29) is 16.9 Å². The van der Waals surface area contributed by atoms with Gasteiger partial charge in [-0.1, -0.05) is 30.3 Å². The molecule has 0 aliphatic heterocycles. The monoisotopic (exact) mass is 428 g/mol. The summed E-state index contributed by atoms with van der Waals surface area (Å²) in [7, 11) is 2.00. The number of aromatic nitrogens is 3. The van der Waals surface area contributed by atoms with Crippen LogP contribution < -0.4 is 10.2 Å². The minimum Gasteiger partial charge on any atom is -0.370 e. The first-order chi connectivity index (χ1) is 15.5. The highest BCUT2D eigenvalue weighted by Crippen LogP contribution is 2.25. The molecule has 9 heteroatoms. The van der Waals surface area contributed by atoms with Crippen molar-refractivity contribution in [2.24, 2.45) is 0 Å². The Balaban J connectivity index is 1.47. The fourth-order valence-electron chi connectivity index (χ4n) is 3.29. The molecule has 1 N–H and O–H groups in total. The molecule has 0 aliphatic carbocycles. The van der Waals surface area contributed by atoms with Gasteiger partial charge in [-0.3, -0.25) is 14.9 Å². The summed E-state index contributed by atoms with van der Waals surface area (Å²) in [6, 6.07) is 21.8. The molecular formula is C23H20N6O3. The van der Waals surface area contributed by atoms with E-state index >= 15 is 0 Å². The van der Waals surface area contributed by atoms with E-state index in [1.165, 1.54) is 41.1 Å². The maximum Gasteiger partial charge on any atom is 0.295 e. The summed E-state index contributed by atoms with van der Waals surface area (Å²) in [5, 5.41) is 18.2. The van der Waals surface area contributed by atoms with Gasteiger partial charge in [0.1, 0.15) is 18.3 Å². The highest BCUT2D eigenvalue weighted by Gasteiger charge is 2.19. The number of nitro groups is 1. The van der Waals surface area contributed by atoms with Gasteiger partial charge in [0.05, 0.1) is 4.92 Å². The maximum absolute atomic E-state index is 12.7. The average Bonchev–Trinajstić information content (AvgIpc) is 3.34. The zero-order chi connectivity index (χ0) is 22.5. The Morgan fingerprint density at radius 2 is 1.84 bits per heavy atom. The van der Waals surface area contributed by atoms with E-state index in [0.717, 1.165) is 12.2 Å². The number of amides is 1. The number of nitro benzene ring substituents is 1. The Kier molecular flexibility index (Phi) is 5.89. The Morgan fingerprint density at radius 3 is 2.50 bits per heavy atom. The van der Waals surface area contributed by atoms with Crippen molar-refractivity contribution in [1.82, 2.24) is 14.8 Å². The topological polar surface area (TPSA) is 106 Å². The van der Waals surface area contributed by atoms with Gasteiger partial charge in [0.15, 0.2) is 0 Å². The van der Waals surface area contributed by atoms with Gasteiger partial charge < -0.3 is 10.2 Å². The number of carbonyl (C=O) groups is 1. The number of hydrogen-bond acceptors (Lipinski definition) is 6. The molecule has 0 atom stereocenters. The summed E-state index contributed by atoms with van der Waals surface area (Å²) >= 11 is 0. The third-order valence-electron chi connectivity index (χ3n) is 4.93. The molecule has 160 valence electrons. The van der Waals surface area contributed by atoms with Gasteiger partial charge in [0.2, 0.25) is 0 Å². The molecule has 0 saturated carbocycles. The van der Waals surface area contributed by atoms with E-state index in [4.69, 9.17) is 0 Å². The molecule has 0 spiro atoms. The van der Waals surface area contributed by atoms with Crippen LogP contribution in [0.15, 0.2) is 85.5 Å². The molecule has 4 rings (SSSR count). The highest BCUT2D eigenvalue weighted by molar-refractivity contribution is 6.05. The highest BCUT2D eigenvalue weighted by atomic mass is 16.6. The molecule has 1 aromatic heterocycles. The van der Waals surface area contributed by atoms with Crippen molar-refractivity contribution < 1.29 is 9.72 Å². The molecule has 3 aromatic carbocycles. The second-order valence-corrected chi connectivity index (χ2v) is 7.14. The second kappa shape index (κ2) is 9.09. The van der Waals surface area contributed by atoms with Gasteiger partial charge in [-0.25, -0.2) is 9.67 Å². The van der Waals surface area contributed by atoms with Crippen LogP contribution in [0.1, 0.15) is 15.9 Å². The summed E-state index contributed by atoms with van der Waals surface area (Å²) in [5.74, 6) is -0.441. The third kappa shape index (κ3) is 4.62. The Labute approximate surface area is 184 Å². The third-order valence-corrected chi connectivity index (χ3v) is 4.93. The first kappa shape index (κ1) is 20.7. The molecule has 1 heterocycles. The van der Waals surface area contributed by atoms with E-state index in [0.29, 0.717) is 5.69 Å². The van der Waals surface area contributed by atoms with E-state index in [9.17, 15) is 14.9 Å². The first-order valence-corrected chi connectivity index (χ1v) is 9.81. The Bertz CT molecular complexity index is 1220. The summed E-state index contributed by atoms with van der Waals surface area (Å²) in [5.41, 5.74) is 2.96. The molecule has 0 saturated heterocycles. The van der Waals surface area contributed by atoms with Crippen molar-refractivity contribution >= 4 is 23.0 Å². The standard InChI is InChI=1S/C23H20N6O3/c1-27(14-17-5-3-2-4-6-17)20-10-8-19(9-11-20)26-23(30)18-7-12-21(22(13-18)29(31)32)28-16-24-15-25-28/h2-13,15-16H,14H2,1H3,(H,26,30). The lowest BCUT2D eigenvalue weighted by molar-refractivity contribution is -0.384. The number of hydrogen-bond donors (Lipinski definition) is 1. The molecule has 0 radical (unpaired) electrons. The number of rotatable bonds is 7. The van der Waals surface area contributed by atoms with Gasteiger partial charge in [0.25, 0.3) is 11.6 Å². The largest absolute Gasteiger partial charge is 0.370 e. The van der Waals surface area contributed by atoms with Crippen molar-refractivity contribution in [1.29, 1.82) is 0 Å². The Morgan fingerprint density at radius 1 is 1.09 bits per heavy atom. The minimum atomic E-state index is -0.550. The van der Waals surface area contributed by atoms with Crippen LogP contribution in [0.2, 0.25) is 0 Å². The molecule has 4 aromatic rings. The number of anilines is 2. The fourth-order valence-corrected chi connectivity index (χ4v) is 3.29. The smallest absolute Gasteiger partial charge is 0.295 e. The van der Waals surface area contributed by atoms with Crippen molar-refractivity contribution in [3.05, 3.63) is 107 Å². The molecule has 0 fully saturated rings. The van der Waals surface area contributed by atoms with E-state index in [2.05, 4.69) is 32.4 Å². The number of benzene rings is 3. The van der Waals surface area contributed by atoms with E-state index < -0.39 is 10.8 Å². The Hall–Kier alpha value is -4.53. The van der Waals surface area contributed by atoms with Gasteiger partial charge in [0, 0.05) is 36.6 Å². The molecule has 0 bridgehead atoms. The molecule has 32 heavy (non-hydrogen) atoms. The second-order valence-electron chi connectivity index (χ2n) is 7.14. The van der Waals surface area contributed by atoms with Crippen LogP contribution in [-0.2, 0) is 6.54 Å². The van der Waals surface area contributed by atoms with Crippen LogP contribution in [0.4, 0.5) is 17.1 Å². The number of nitrogens with zero attached hydrogens (tertiary/aromatic N) is 5. The van der Waals surface area contributed by atoms with E-state index in [1.807, 2.05) is 37.4 Å². The van der Waals surface area contributed by atoms with Crippen LogP contribution in [0.25, 0.3) is 5.69 Å². The summed E-state index contributed by atoms with van der Waals surface area (Å²) < 4.78 is 1.28. The fraction of sp³-hybridized carbons (Fsp3) is 0.0870. The quantitative estimate of drug-likeness (QED) is 0.351. The molecule has 0 unspecified atom stereocenters. The summed E-state index contributed by atoms with van der Waals surface area (Å²) in [4.78, 5) is 29.5. The summed E-state index contributed by atoms with van der Waals surface area (Å²) in [6.07, 6.45) is 2.64. The van der Waals surface area contributed by atoms with Crippen LogP contribution in [-0.4, -0.2) is 32.6 Å². The first-order valence-electron chi connectivity index (χ1n) is 9.81. The zero-order valence-electron chi connectivity index (χ0n) is 17.3. The van der Waals surface area contributed by atoms with E-state index in [1.54, 1.807) is 12.1 Å². The lowest BCUT2D eigenvalue weighted by atomic mass is 10.1. The van der Waals surface area contributed by atoms with Gasteiger partial charge in [-0.05, 0) is 42.0 Å². The zero-order valence-corrected chi connectivity index (χ0v) is 17.3.